The number of allylic oxidation sites excluding steroid dienone is 2. The molecule has 0 radical (unpaired) electrons. The van der Waals surface area contributed by atoms with Gasteiger partial charge < -0.3 is 0 Å². The van der Waals surface area contributed by atoms with Gasteiger partial charge in [0.05, 0.1) is 11.1 Å². The molecule has 0 atom stereocenters. The number of benzene rings is 2. The fraction of sp³-hybridized carbons (Fsp3) is 0.444. The second-order valence-electron chi connectivity index (χ2n) is 10.1. The number of hydrogen-bond acceptors (Lipinski definition) is 0. The lowest BCUT2D eigenvalue weighted by molar-refractivity contribution is 0.505. The van der Waals surface area contributed by atoms with Crippen molar-refractivity contribution in [2.45, 2.75) is 104 Å². The van der Waals surface area contributed by atoms with Crippen LogP contribution in [0.2, 0.25) is 0 Å². The van der Waals surface area contributed by atoms with Gasteiger partial charge in [-0.3, -0.25) is 0 Å². The molecule has 0 aliphatic rings. The third-order valence-electron chi connectivity index (χ3n) is 6.72. The van der Waals surface area contributed by atoms with Crippen LogP contribution in [0.1, 0.15) is 126 Å². The van der Waals surface area contributed by atoms with Gasteiger partial charge >= 0.3 is 0 Å². The maximum atomic E-state index is 14.5. The summed E-state index contributed by atoms with van der Waals surface area (Å²) in [5.41, 5.74) is 0.0484. The van der Waals surface area contributed by atoms with Crippen LogP contribution in [0.4, 0.5) is 17.6 Å². The molecule has 0 aromatic heterocycles. The maximum Gasteiger partial charge on any atom is 0.175 e. The largest absolute Gasteiger partial charge is 0.203 e. The predicted octanol–water partition coefficient (Wildman–Crippen LogP) is 11.2. The lowest BCUT2D eigenvalue weighted by Gasteiger charge is -2.01. The van der Waals surface area contributed by atoms with Gasteiger partial charge in [-0.05, 0) is 61.5 Å². The molecule has 2 rings (SSSR count). The van der Waals surface area contributed by atoms with Crippen LogP contribution >= 0.6 is 0 Å². The Hall–Kier alpha value is -3.24. The van der Waals surface area contributed by atoms with Gasteiger partial charge in [-0.25, -0.2) is 17.6 Å². The molecule has 0 nitrogen and oxygen atoms in total. The van der Waals surface area contributed by atoms with Crippen molar-refractivity contribution in [1.29, 1.82) is 0 Å². The first-order chi connectivity index (χ1) is 19.5. The van der Waals surface area contributed by atoms with E-state index in [0.717, 1.165) is 38.5 Å². The molecule has 0 fully saturated rings. The first-order valence-corrected chi connectivity index (χ1v) is 14.8. The molecule has 0 saturated heterocycles. The first-order valence-electron chi connectivity index (χ1n) is 14.8. The molecule has 2 aromatic rings. The molecule has 0 saturated carbocycles. The average molecular weight is 551 g/mol. The van der Waals surface area contributed by atoms with E-state index in [-0.39, 0.29) is 22.3 Å². The van der Waals surface area contributed by atoms with Gasteiger partial charge in [-0.2, -0.15) is 0 Å². The lowest BCUT2D eigenvalue weighted by Crippen LogP contribution is -1.93. The monoisotopic (exact) mass is 550 g/mol. The zero-order chi connectivity index (χ0) is 29.0. The first kappa shape index (κ1) is 33.0. The molecule has 0 aliphatic heterocycles. The summed E-state index contributed by atoms with van der Waals surface area (Å²) in [6.07, 6.45) is 22.6. The van der Waals surface area contributed by atoms with Gasteiger partial charge in [0.2, 0.25) is 0 Å². The van der Waals surface area contributed by atoms with E-state index in [2.05, 4.69) is 37.5 Å². The third-order valence-corrected chi connectivity index (χ3v) is 6.72. The van der Waals surface area contributed by atoms with Gasteiger partial charge in [0.15, 0.2) is 23.3 Å². The van der Waals surface area contributed by atoms with Crippen LogP contribution in [0.3, 0.4) is 0 Å². The highest BCUT2D eigenvalue weighted by molar-refractivity contribution is 5.55. The summed E-state index contributed by atoms with van der Waals surface area (Å²) >= 11 is 0. The van der Waals surface area contributed by atoms with Crippen LogP contribution in [0.5, 0.6) is 0 Å². The Morgan fingerprint density at radius 3 is 1.27 bits per heavy atom. The smallest absolute Gasteiger partial charge is 0.175 e. The Morgan fingerprint density at radius 1 is 0.500 bits per heavy atom. The summed E-state index contributed by atoms with van der Waals surface area (Å²) in [5, 5.41) is 0. The summed E-state index contributed by atoms with van der Waals surface area (Å²) in [6, 6.07) is 5.73. The van der Waals surface area contributed by atoms with E-state index in [0.29, 0.717) is 0 Å². The minimum Gasteiger partial charge on any atom is -0.203 e. The van der Waals surface area contributed by atoms with Gasteiger partial charge in [0.25, 0.3) is 0 Å². The number of unbranched alkanes of at least 4 members (excludes halogenated alkanes) is 12. The van der Waals surface area contributed by atoms with Gasteiger partial charge in [0.1, 0.15) is 0 Å². The molecule has 0 bridgehead atoms. The Bertz CT molecular complexity index is 1130. The highest BCUT2D eigenvalue weighted by Crippen LogP contribution is 2.19. The van der Waals surface area contributed by atoms with Gasteiger partial charge in [0, 0.05) is 11.1 Å². The Morgan fingerprint density at radius 2 is 0.875 bits per heavy atom. The third kappa shape index (κ3) is 11.9. The molecule has 0 amide bonds. The standard InChI is InChI=1S/C36H42F4/c1-3-5-7-9-11-13-15-17-21-29-25-27-31(35(39)33(29)37)23-19-20-24-32-28-26-30(34(38)36(32)40)22-18-16-14-12-10-8-6-4-2/h17-18,21-22,25-28H,3-16H2,1-2H3/b21-17+,22-18+. The Labute approximate surface area is 239 Å². The van der Waals surface area contributed by atoms with Crippen molar-refractivity contribution in [1.82, 2.24) is 0 Å². The van der Waals surface area contributed by atoms with E-state index in [1.807, 2.05) is 12.2 Å². The van der Waals surface area contributed by atoms with Crippen LogP contribution in [0.25, 0.3) is 12.2 Å². The molecule has 0 heterocycles. The highest BCUT2D eigenvalue weighted by Gasteiger charge is 2.11. The Kier molecular flexibility index (Phi) is 16.3. The molecule has 0 spiro atoms. The van der Waals surface area contributed by atoms with E-state index in [9.17, 15) is 17.6 Å². The van der Waals surface area contributed by atoms with Crippen molar-refractivity contribution in [2.75, 3.05) is 0 Å². The van der Waals surface area contributed by atoms with Crippen LogP contribution in [0, 0.1) is 47.0 Å². The van der Waals surface area contributed by atoms with Crippen LogP contribution < -0.4 is 0 Å². The van der Waals surface area contributed by atoms with Crippen molar-refractivity contribution >= 4 is 12.2 Å². The fourth-order valence-electron chi connectivity index (χ4n) is 4.28. The maximum absolute atomic E-state index is 14.5. The second kappa shape index (κ2) is 19.8. The van der Waals surface area contributed by atoms with Crippen molar-refractivity contribution in [2.24, 2.45) is 0 Å². The zero-order valence-corrected chi connectivity index (χ0v) is 24.0. The van der Waals surface area contributed by atoms with Gasteiger partial charge in [-0.1, -0.05) is 114 Å². The van der Waals surface area contributed by atoms with E-state index < -0.39 is 23.3 Å². The van der Waals surface area contributed by atoms with Crippen molar-refractivity contribution in [3.8, 4) is 23.7 Å². The molecule has 0 unspecified atom stereocenters. The summed E-state index contributed by atoms with van der Waals surface area (Å²) in [4.78, 5) is 0. The number of hydrogen-bond donors (Lipinski definition) is 0. The summed E-state index contributed by atoms with van der Waals surface area (Å²) in [5.74, 6) is 5.71. The average Bonchev–Trinajstić information content (AvgIpc) is 2.95. The van der Waals surface area contributed by atoms with Gasteiger partial charge in [-0.15, -0.1) is 0 Å². The van der Waals surface area contributed by atoms with E-state index in [4.69, 9.17) is 0 Å². The second-order valence-corrected chi connectivity index (χ2v) is 10.1. The van der Waals surface area contributed by atoms with E-state index in [1.165, 1.54) is 75.6 Å². The van der Waals surface area contributed by atoms with E-state index >= 15 is 0 Å². The quantitative estimate of drug-likeness (QED) is 0.111. The molecular weight excluding hydrogens is 508 g/mol. The molecule has 40 heavy (non-hydrogen) atoms. The minimum atomic E-state index is -1.05. The van der Waals surface area contributed by atoms with Crippen LogP contribution in [-0.4, -0.2) is 0 Å². The topological polar surface area (TPSA) is 0 Å². The fourth-order valence-corrected chi connectivity index (χ4v) is 4.28. The summed E-state index contributed by atoms with van der Waals surface area (Å²) in [7, 11) is 0. The van der Waals surface area contributed by atoms with Crippen LogP contribution in [-0.2, 0) is 0 Å². The normalized spacial score (nSPS) is 11.1. The SMILES string of the molecule is CCCCCCCC/C=C/c1ccc(C#CC#Cc2ccc(/C=C/CCCCCCCC)c(F)c2F)c(F)c1F. The Balaban J connectivity index is 1.93. The molecule has 0 aliphatic carbocycles. The summed E-state index contributed by atoms with van der Waals surface area (Å²) in [6.45, 7) is 4.36. The predicted molar refractivity (Wildman–Crippen MR) is 161 cm³/mol. The number of halogens is 4. The van der Waals surface area contributed by atoms with E-state index in [1.54, 1.807) is 12.2 Å². The lowest BCUT2D eigenvalue weighted by atomic mass is 10.1. The molecular formula is C36H42F4. The van der Waals surface area contributed by atoms with Crippen molar-refractivity contribution in [3.63, 3.8) is 0 Å². The molecule has 214 valence electrons. The summed E-state index contributed by atoms with van der Waals surface area (Å²) < 4.78 is 57.8. The molecule has 2 aromatic carbocycles. The van der Waals surface area contributed by atoms with Crippen molar-refractivity contribution < 1.29 is 17.6 Å². The number of rotatable bonds is 16. The molecule has 4 heteroatoms. The highest BCUT2D eigenvalue weighted by atomic mass is 19.2. The van der Waals surface area contributed by atoms with Crippen LogP contribution in [0.15, 0.2) is 36.4 Å². The molecule has 0 N–H and O–H groups in total. The van der Waals surface area contributed by atoms with Crippen molar-refractivity contribution in [3.05, 3.63) is 81.9 Å². The zero-order valence-electron chi connectivity index (χ0n) is 24.0. The minimum absolute atomic E-state index is 0.141.